The lowest BCUT2D eigenvalue weighted by Crippen LogP contribution is -1.91. The lowest BCUT2D eigenvalue weighted by Gasteiger charge is -2.12. The van der Waals surface area contributed by atoms with Crippen LogP contribution in [-0.2, 0) is 0 Å². The summed E-state index contributed by atoms with van der Waals surface area (Å²) in [6, 6.07) is 23.4. The van der Waals surface area contributed by atoms with Gasteiger partial charge in [0.05, 0.1) is 18.3 Å². The number of nitrogens with zero attached hydrogens (tertiary/aromatic N) is 1. The molecule has 136 valence electrons. The van der Waals surface area contributed by atoms with Gasteiger partial charge < -0.3 is 4.74 Å². The van der Waals surface area contributed by atoms with E-state index in [0.717, 1.165) is 39.0 Å². The molecule has 0 aliphatic rings. The number of rotatable bonds is 3. The van der Waals surface area contributed by atoms with Crippen molar-refractivity contribution in [3.8, 4) is 28.1 Å². The molecule has 27 heavy (non-hydrogen) atoms. The van der Waals surface area contributed by atoms with Gasteiger partial charge in [0.2, 0.25) is 0 Å². The van der Waals surface area contributed by atoms with Gasteiger partial charge in [0.15, 0.2) is 0 Å². The molecule has 0 aliphatic carbocycles. The predicted octanol–water partition coefficient (Wildman–Crippen LogP) is 7.31. The second kappa shape index (κ2) is 8.18. The summed E-state index contributed by atoms with van der Waals surface area (Å²) < 4.78 is 5.35. The van der Waals surface area contributed by atoms with Crippen LogP contribution in [0.3, 0.4) is 0 Å². The molecule has 0 unspecified atom stereocenters. The first-order chi connectivity index (χ1) is 12.7. The van der Waals surface area contributed by atoms with Crippen molar-refractivity contribution in [2.45, 2.75) is 0 Å². The van der Waals surface area contributed by atoms with Crippen molar-refractivity contribution in [3.63, 3.8) is 0 Å². The Balaban J connectivity index is 0.00000210. The number of benzene rings is 3. The number of fused-ring (bicyclic) bond motifs is 1. The van der Waals surface area contributed by atoms with Gasteiger partial charge >= 0.3 is 0 Å². The maximum Gasteiger partial charge on any atom is 0.119 e. The van der Waals surface area contributed by atoms with Crippen molar-refractivity contribution in [3.05, 3.63) is 82.8 Å². The van der Waals surface area contributed by atoms with E-state index >= 15 is 0 Å². The minimum absolute atomic E-state index is 0. The summed E-state index contributed by atoms with van der Waals surface area (Å²) in [7, 11) is 1.66. The maximum absolute atomic E-state index is 6.47. The number of methoxy groups -OCH3 is 1. The van der Waals surface area contributed by atoms with Crippen molar-refractivity contribution in [1.29, 1.82) is 0 Å². The second-order valence-corrected chi connectivity index (χ2v) is 6.77. The van der Waals surface area contributed by atoms with Crippen LogP contribution < -0.4 is 4.74 Å². The van der Waals surface area contributed by atoms with Gasteiger partial charge in [-0.15, -0.1) is 12.4 Å². The van der Waals surface area contributed by atoms with Crippen LogP contribution in [0.4, 0.5) is 0 Å². The van der Waals surface area contributed by atoms with E-state index in [-0.39, 0.29) is 12.4 Å². The third kappa shape index (κ3) is 3.89. The fourth-order valence-corrected chi connectivity index (χ4v) is 3.44. The first-order valence-electron chi connectivity index (χ1n) is 8.15. The summed E-state index contributed by atoms with van der Waals surface area (Å²) >= 11 is 12.7. The molecule has 0 saturated carbocycles. The van der Waals surface area contributed by atoms with Gasteiger partial charge in [0.1, 0.15) is 5.75 Å². The van der Waals surface area contributed by atoms with Crippen LogP contribution in [0.5, 0.6) is 5.75 Å². The fraction of sp³-hybridized carbons (Fsp3) is 0.0455. The van der Waals surface area contributed by atoms with Gasteiger partial charge in [0.25, 0.3) is 0 Å². The first-order valence-corrected chi connectivity index (χ1v) is 8.91. The number of ether oxygens (including phenoxy) is 1. The van der Waals surface area contributed by atoms with Crippen LogP contribution in [0.1, 0.15) is 0 Å². The van der Waals surface area contributed by atoms with Crippen LogP contribution in [0.15, 0.2) is 72.8 Å². The van der Waals surface area contributed by atoms with Gasteiger partial charge in [-0.1, -0.05) is 53.5 Å². The molecule has 0 bridgehead atoms. The maximum atomic E-state index is 6.47. The van der Waals surface area contributed by atoms with Crippen LogP contribution in [0.25, 0.3) is 33.3 Å². The summed E-state index contributed by atoms with van der Waals surface area (Å²) in [6.07, 6.45) is 0. The summed E-state index contributed by atoms with van der Waals surface area (Å²) in [4.78, 5) is 4.82. The Hall–Kier alpha value is -2.26. The molecule has 0 atom stereocenters. The van der Waals surface area contributed by atoms with Gasteiger partial charge in [-0.2, -0.15) is 0 Å². The Morgan fingerprint density at radius 3 is 2.41 bits per heavy atom. The molecule has 5 heteroatoms. The highest BCUT2D eigenvalue weighted by Gasteiger charge is 2.12. The molecule has 0 spiro atoms. The largest absolute Gasteiger partial charge is 0.497 e. The molecule has 4 aromatic rings. The standard InChI is InChI=1S/C22H15Cl2NO.ClH/c1-26-16-6-4-5-14(11-16)22-13-18(17-7-2-3-8-20(17)24)19-12-15(23)9-10-21(19)25-22;/h2-13H,1H3;1H. The SMILES string of the molecule is COc1cccc(-c2cc(-c3ccccc3Cl)c3cc(Cl)ccc3n2)c1.Cl. The molecule has 1 aromatic heterocycles. The highest BCUT2D eigenvalue weighted by Crippen LogP contribution is 2.37. The van der Waals surface area contributed by atoms with Gasteiger partial charge in [-0.05, 0) is 48.0 Å². The van der Waals surface area contributed by atoms with E-state index in [2.05, 4.69) is 6.07 Å². The number of pyridine rings is 1. The Morgan fingerprint density at radius 2 is 1.63 bits per heavy atom. The van der Waals surface area contributed by atoms with Crippen LogP contribution >= 0.6 is 35.6 Å². The molecule has 0 fully saturated rings. The molecule has 0 N–H and O–H groups in total. The van der Waals surface area contributed by atoms with E-state index in [4.69, 9.17) is 32.9 Å². The quantitative estimate of drug-likeness (QED) is 0.349. The minimum atomic E-state index is 0. The van der Waals surface area contributed by atoms with Gasteiger partial charge in [-0.3, -0.25) is 0 Å². The van der Waals surface area contributed by atoms with Crippen molar-refractivity contribution in [2.24, 2.45) is 0 Å². The number of hydrogen-bond donors (Lipinski definition) is 0. The molecule has 3 aromatic carbocycles. The van der Waals surface area contributed by atoms with Crippen LogP contribution in [0, 0.1) is 0 Å². The molecule has 0 aliphatic heterocycles. The Kier molecular flexibility index (Phi) is 5.91. The Bertz CT molecular complexity index is 1110. The van der Waals surface area contributed by atoms with E-state index in [1.807, 2.05) is 66.7 Å². The van der Waals surface area contributed by atoms with Gasteiger partial charge in [0, 0.05) is 26.6 Å². The molecule has 0 amide bonds. The van der Waals surface area contributed by atoms with E-state index < -0.39 is 0 Å². The van der Waals surface area contributed by atoms with E-state index in [1.54, 1.807) is 7.11 Å². The van der Waals surface area contributed by atoms with Crippen molar-refractivity contribution >= 4 is 46.5 Å². The summed E-state index contributed by atoms with van der Waals surface area (Å²) in [5, 5.41) is 2.33. The molecule has 2 nitrogen and oxygen atoms in total. The van der Waals surface area contributed by atoms with Gasteiger partial charge in [-0.25, -0.2) is 4.98 Å². The fourth-order valence-electron chi connectivity index (χ4n) is 3.03. The molecule has 1 heterocycles. The predicted molar refractivity (Wildman–Crippen MR) is 116 cm³/mol. The number of hydrogen-bond acceptors (Lipinski definition) is 2. The molecule has 0 radical (unpaired) electrons. The van der Waals surface area contributed by atoms with Crippen molar-refractivity contribution < 1.29 is 4.74 Å². The lowest BCUT2D eigenvalue weighted by atomic mass is 9.98. The molecular weight excluding hydrogens is 401 g/mol. The summed E-state index contributed by atoms with van der Waals surface area (Å²) in [5.74, 6) is 0.791. The van der Waals surface area contributed by atoms with Crippen LogP contribution in [0.2, 0.25) is 10.0 Å². The topological polar surface area (TPSA) is 22.1 Å². The average Bonchev–Trinajstić information content (AvgIpc) is 2.68. The van der Waals surface area contributed by atoms with E-state index in [9.17, 15) is 0 Å². The Morgan fingerprint density at radius 1 is 0.815 bits per heavy atom. The number of aromatic nitrogens is 1. The van der Waals surface area contributed by atoms with Crippen molar-refractivity contribution in [2.75, 3.05) is 7.11 Å². The summed E-state index contributed by atoms with van der Waals surface area (Å²) in [6.45, 7) is 0. The normalized spacial score (nSPS) is 10.5. The lowest BCUT2D eigenvalue weighted by molar-refractivity contribution is 0.415. The third-order valence-electron chi connectivity index (χ3n) is 4.30. The molecular formula is C22H16Cl3NO. The number of halogens is 3. The zero-order chi connectivity index (χ0) is 18.1. The van der Waals surface area contributed by atoms with E-state index in [0.29, 0.717) is 10.0 Å². The first kappa shape index (κ1) is 19.5. The average molecular weight is 417 g/mol. The van der Waals surface area contributed by atoms with E-state index in [1.165, 1.54) is 0 Å². The minimum Gasteiger partial charge on any atom is -0.497 e. The molecule has 0 saturated heterocycles. The van der Waals surface area contributed by atoms with Crippen molar-refractivity contribution in [1.82, 2.24) is 4.98 Å². The highest BCUT2D eigenvalue weighted by molar-refractivity contribution is 6.34. The Labute approximate surface area is 174 Å². The smallest absolute Gasteiger partial charge is 0.119 e. The zero-order valence-electron chi connectivity index (χ0n) is 14.4. The highest BCUT2D eigenvalue weighted by atomic mass is 35.5. The second-order valence-electron chi connectivity index (χ2n) is 5.93. The monoisotopic (exact) mass is 415 g/mol. The molecule has 4 rings (SSSR count). The zero-order valence-corrected chi connectivity index (χ0v) is 16.8. The van der Waals surface area contributed by atoms with Crippen LogP contribution in [-0.4, -0.2) is 12.1 Å². The summed E-state index contributed by atoms with van der Waals surface area (Å²) in [5.41, 5.74) is 4.65. The third-order valence-corrected chi connectivity index (χ3v) is 4.86.